The van der Waals surface area contributed by atoms with Gasteiger partial charge in [-0.2, -0.15) is 0 Å². The van der Waals surface area contributed by atoms with Gasteiger partial charge in [0.05, 0.1) is 7.11 Å². The molecule has 5 heteroatoms. The van der Waals surface area contributed by atoms with Crippen molar-refractivity contribution in [2.75, 3.05) is 44.7 Å². The van der Waals surface area contributed by atoms with Gasteiger partial charge in [0.15, 0.2) is 0 Å². The zero-order chi connectivity index (χ0) is 25.6. The van der Waals surface area contributed by atoms with Gasteiger partial charge in [-0.25, -0.2) is 0 Å². The number of phenols is 1. The van der Waals surface area contributed by atoms with Crippen molar-refractivity contribution in [3.8, 4) is 11.5 Å². The largest absolute Gasteiger partial charge is 0.508 e. The van der Waals surface area contributed by atoms with Gasteiger partial charge in [0.2, 0.25) is 0 Å². The van der Waals surface area contributed by atoms with E-state index in [0.717, 1.165) is 38.1 Å². The molecular weight excluding hydrogens is 476 g/mol. The first-order valence-corrected chi connectivity index (χ1v) is 15.3. The lowest BCUT2D eigenvalue weighted by Crippen LogP contribution is -2.31. The number of anilines is 1. The maximum Gasteiger partial charge on any atom is 0.120 e. The summed E-state index contributed by atoms with van der Waals surface area (Å²) in [6.45, 7) is 8.16. The first-order chi connectivity index (χ1) is 18.1. The van der Waals surface area contributed by atoms with Crippen LogP contribution < -0.4 is 9.64 Å². The molecule has 1 saturated heterocycles. The fourth-order valence-electron chi connectivity index (χ4n) is 6.39. The van der Waals surface area contributed by atoms with Crippen LogP contribution in [-0.4, -0.2) is 55.1 Å². The van der Waals surface area contributed by atoms with Crippen molar-refractivity contribution >= 4 is 17.4 Å². The number of nitrogens with zero attached hydrogens (tertiary/aromatic N) is 2. The highest BCUT2D eigenvalue weighted by molar-refractivity contribution is 8.03. The van der Waals surface area contributed by atoms with Crippen molar-refractivity contribution in [2.45, 2.75) is 75.9 Å². The Kier molecular flexibility index (Phi) is 9.04. The Hall–Kier alpha value is -2.11. The molecule has 200 valence electrons. The molecule has 3 aliphatic rings. The van der Waals surface area contributed by atoms with Crippen LogP contribution in [0.15, 0.2) is 47.4 Å². The average Bonchev–Trinajstić information content (AvgIpc) is 3.21. The smallest absolute Gasteiger partial charge is 0.120 e. The number of ether oxygens (including phenoxy) is 1. The van der Waals surface area contributed by atoms with Crippen LogP contribution in [0.3, 0.4) is 0 Å². The van der Waals surface area contributed by atoms with E-state index in [1.165, 1.54) is 80.5 Å². The number of aryl methyl sites for hydroxylation is 1. The van der Waals surface area contributed by atoms with E-state index < -0.39 is 0 Å². The summed E-state index contributed by atoms with van der Waals surface area (Å²) in [6, 6.07) is 12.6. The van der Waals surface area contributed by atoms with Gasteiger partial charge in [0.25, 0.3) is 0 Å². The molecule has 0 spiro atoms. The van der Waals surface area contributed by atoms with Crippen LogP contribution in [0, 0.1) is 0 Å². The summed E-state index contributed by atoms with van der Waals surface area (Å²) >= 11 is 2.12. The summed E-state index contributed by atoms with van der Waals surface area (Å²) in [6.07, 6.45) is 13.6. The highest BCUT2D eigenvalue weighted by atomic mass is 32.2. The van der Waals surface area contributed by atoms with Crippen LogP contribution in [-0.2, 0) is 12.8 Å². The summed E-state index contributed by atoms with van der Waals surface area (Å²) < 4.78 is 5.67. The van der Waals surface area contributed by atoms with Crippen LogP contribution in [0.1, 0.15) is 74.5 Å². The van der Waals surface area contributed by atoms with E-state index in [0.29, 0.717) is 16.9 Å². The molecule has 37 heavy (non-hydrogen) atoms. The molecule has 4 nitrogen and oxygen atoms in total. The predicted molar refractivity (Wildman–Crippen MR) is 157 cm³/mol. The average molecular weight is 521 g/mol. The van der Waals surface area contributed by atoms with E-state index in [2.05, 4.69) is 58.8 Å². The molecule has 2 aromatic rings. The SMILES string of the molecule is CCN(CC1CC=C(CCN2CCCCCC2)S1)c1cc(OC)ccc1C1CCc2cc(O)ccc2C1. The molecule has 1 aliphatic carbocycles. The van der Waals surface area contributed by atoms with Gasteiger partial charge >= 0.3 is 0 Å². The molecule has 0 amide bonds. The van der Waals surface area contributed by atoms with Crippen molar-refractivity contribution in [1.29, 1.82) is 0 Å². The number of methoxy groups -OCH3 is 1. The van der Waals surface area contributed by atoms with Crippen molar-refractivity contribution in [3.05, 3.63) is 64.1 Å². The van der Waals surface area contributed by atoms with Gasteiger partial charge in [-0.05, 0) is 111 Å². The molecule has 0 saturated carbocycles. The molecule has 2 atom stereocenters. The third-order valence-corrected chi connectivity index (χ3v) is 9.89. The third kappa shape index (κ3) is 6.67. The Labute approximate surface area is 228 Å². The fourth-order valence-corrected chi connectivity index (χ4v) is 7.67. The molecule has 0 aromatic heterocycles. The first kappa shape index (κ1) is 26.5. The Morgan fingerprint density at radius 1 is 1.05 bits per heavy atom. The lowest BCUT2D eigenvalue weighted by Gasteiger charge is -2.33. The van der Waals surface area contributed by atoms with Crippen LogP contribution in [0.25, 0.3) is 0 Å². The second-order valence-corrected chi connectivity index (χ2v) is 12.4. The van der Waals surface area contributed by atoms with Gasteiger partial charge in [-0.1, -0.05) is 31.1 Å². The number of thioether (sulfide) groups is 1. The lowest BCUT2D eigenvalue weighted by atomic mass is 9.79. The minimum atomic E-state index is 0.382. The molecule has 2 aliphatic heterocycles. The number of rotatable bonds is 9. The van der Waals surface area contributed by atoms with Gasteiger partial charge in [-0.3, -0.25) is 0 Å². The Morgan fingerprint density at radius 2 is 1.89 bits per heavy atom. The minimum absolute atomic E-state index is 0.382. The van der Waals surface area contributed by atoms with Crippen molar-refractivity contribution in [2.24, 2.45) is 0 Å². The molecule has 0 bridgehead atoms. The molecule has 2 unspecified atom stereocenters. The topological polar surface area (TPSA) is 35.9 Å². The van der Waals surface area contributed by atoms with Gasteiger partial charge < -0.3 is 19.6 Å². The Bertz CT molecular complexity index is 1080. The summed E-state index contributed by atoms with van der Waals surface area (Å²) in [4.78, 5) is 6.88. The van der Waals surface area contributed by atoms with Crippen LogP contribution in [0.4, 0.5) is 5.69 Å². The fraction of sp³-hybridized carbons (Fsp3) is 0.562. The highest BCUT2D eigenvalue weighted by Gasteiger charge is 2.27. The molecule has 2 heterocycles. The summed E-state index contributed by atoms with van der Waals surface area (Å²) in [7, 11) is 1.77. The Morgan fingerprint density at radius 3 is 2.68 bits per heavy atom. The molecule has 5 rings (SSSR count). The first-order valence-electron chi connectivity index (χ1n) is 14.4. The lowest BCUT2D eigenvalue weighted by molar-refractivity contribution is 0.290. The monoisotopic (exact) mass is 520 g/mol. The standard InChI is InChI=1S/C32H44N2O2S/c1-3-34(23-30-14-13-29(37-30)16-19-33-17-6-4-5-7-18-33)32-22-28(36-2)12-15-31(32)26-9-8-25-21-27(35)11-10-24(25)20-26/h10-13,15,21-22,26,30,35H,3-9,14,16-20,23H2,1-2H3. The van der Waals surface area contributed by atoms with Crippen molar-refractivity contribution < 1.29 is 9.84 Å². The van der Waals surface area contributed by atoms with Gasteiger partial charge in [-0.15, -0.1) is 11.8 Å². The molecule has 1 fully saturated rings. The van der Waals surface area contributed by atoms with Crippen molar-refractivity contribution in [1.82, 2.24) is 4.90 Å². The number of benzene rings is 2. The summed E-state index contributed by atoms with van der Waals surface area (Å²) in [5, 5.41) is 10.5. The number of aromatic hydroxyl groups is 1. The summed E-state index contributed by atoms with van der Waals surface area (Å²) in [5.41, 5.74) is 5.47. The van der Waals surface area contributed by atoms with Crippen molar-refractivity contribution in [3.63, 3.8) is 0 Å². The molecular formula is C32H44N2O2S. The predicted octanol–water partition coefficient (Wildman–Crippen LogP) is 7.16. The van der Waals surface area contributed by atoms with Gasteiger partial charge in [0, 0.05) is 36.6 Å². The van der Waals surface area contributed by atoms with E-state index in [4.69, 9.17) is 4.74 Å². The highest BCUT2D eigenvalue weighted by Crippen LogP contribution is 2.41. The van der Waals surface area contributed by atoms with Crippen LogP contribution in [0.2, 0.25) is 0 Å². The number of hydrogen-bond donors (Lipinski definition) is 1. The molecule has 0 radical (unpaired) electrons. The third-order valence-electron chi connectivity index (χ3n) is 8.54. The van der Waals surface area contributed by atoms with Crippen LogP contribution >= 0.6 is 11.8 Å². The zero-order valence-corrected chi connectivity index (χ0v) is 23.6. The van der Waals surface area contributed by atoms with E-state index in [9.17, 15) is 5.11 Å². The second kappa shape index (κ2) is 12.6. The number of fused-ring (bicyclic) bond motifs is 1. The maximum absolute atomic E-state index is 9.91. The van der Waals surface area contributed by atoms with Crippen LogP contribution in [0.5, 0.6) is 11.5 Å². The molecule has 1 N–H and O–H groups in total. The van der Waals surface area contributed by atoms with E-state index in [1.807, 2.05) is 12.1 Å². The van der Waals surface area contributed by atoms with Gasteiger partial charge in [0.1, 0.15) is 11.5 Å². The maximum atomic E-state index is 9.91. The number of phenolic OH excluding ortho intramolecular Hbond substituents is 1. The Balaban J connectivity index is 1.25. The quantitative estimate of drug-likeness (QED) is 0.380. The van der Waals surface area contributed by atoms with E-state index in [1.54, 1.807) is 12.0 Å². The molecule has 2 aromatic carbocycles. The minimum Gasteiger partial charge on any atom is -0.508 e. The normalized spacial score (nSPS) is 22.3. The second-order valence-electron chi connectivity index (χ2n) is 11.0. The summed E-state index contributed by atoms with van der Waals surface area (Å²) in [5.74, 6) is 1.81. The van der Waals surface area contributed by atoms with E-state index in [-0.39, 0.29) is 0 Å². The van der Waals surface area contributed by atoms with E-state index >= 15 is 0 Å². The number of allylic oxidation sites excluding steroid dienone is 1. The number of likely N-dealkylation sites (tertiary alicyclic amines) is 1. The number of hydrogen-bond acceptors (Lipinski definition) is 5. The zero-order valence-electron chi connectivity index (χ0n) is 22.8.